The van der Waals surface area contributed by atoms with Crippen molar-refractivity contribution in [1.29, 1.82) is 0 Å². The molecule has 6 N–H and O–H groups in total. The van der Waals surface area contributed by atoms with E-state index in [0.717, 1.165) is 6.42 Å². The number of rotatable bonds is 11. The van der Waals surface area contributed by atoms with Gasteiger partial charge in [-0.25, -0.2) is 0 Å². The van der Waals surface area contributed by atoms with Crippen molar-refractivity contribution in [2.45, 2.75) is 51.6 Å². The summed E-state index contributed by atoms with van der Waals surface area (Å²) in [7, 11) is 0. The minimum absolute atomic E-state index is 0.245. The first kappa shape index (κ1) is 20.8. The van der Waals surface area contributed by atoms with Crippen LogP contribution < -0.4 is 21.7 Å². The summed E-state index contributed by atoms with van der Waals surface area (Å²) in [6.07, 6.45) is 2.05. The molecule has 132 valence electrons. The zero-order valence-electron chi connectivity index (χ0n) is 13.6. The molecule has 0 aromatic heterocycles. The molecule has 0 bridgehead atoms. The van der Waals surface area contributed by atoms with Gasteiger partial charge in [0.25, 0.3) is 0 Å². The molecular weight excluding hydrogens is 304 g/mol. The van der Waals surface area contributed by atoms with Crippen molar-refractivity contribution in [2.24, 2.45) is 5.73 Å². The summed E-state index contributed by atoms with van der Waals surface area (Å²) in [5.74, 6) is -2.53. The molecule has 0 aliphatic carbocycles. The predicted octanol–water partition coefficient (Wildman–Crippen LogP) is -1.28. The van der Waals surface area contributed by atoms with Crippen molar-refractivity contribution in [1.82, 2.24) is 16.0 Å². The maximum absolute atomic E-state index is 12.2. The molecule has 0 rings (SSSR count). The molecule has 0 spiro atoms. The van der Waals surface area contributed by atoms with Crippen molar-refractivity contribution in [3.63, 3.8) is 0 Å². The van der Waals surface area contributed by atoms with E-state index >= 15 is 0 Å². The molecule has 0 saturated heterocycles. The quantitative estimate of drug-likeness (QED) is 0.298. The fourth-order valence-corrected chi connectivity index (χ4v) is 1.75. The fourth-order valence-electron chi connectivity index (χ4n) is 1.75. The van der Waals surface area contributed by atoms with Crippen LogP contribution in [0.1, 0.15) is 39.5 Å². The lowest BCUT2D eigenvalue weighted by atomic mass is 10.1. The largest absolute Gasteiger partial charge is 0.480 e. The van der Waals surface area contributed by atoms with Crippen LogP contribution >= 0.6 is 0 Å². The highest BCUT2D eigenvalue weighted by Crippen LogP contribution is 2.02. The number of nitrogens with one attached hydrogen (secondary N) is 3. The Bertz CT molecular complexity index is 427. The maximum Gasteiger partial charge on any atom is 0.322 e. The Balaban J connectivity index is 4.57. The summed E-state index contributed by atoms with van der Waals surface area (Å²) in [4.78, 5) is 45.7. The molecule has 0 aliphatic rings. The van der Waals surface area contributed by atoms with Gasteiger partial charge in [-0.1, -0.05) is 6.92 Å². The van der Waals surface area contributed by atoms with Crippen LogP contribution in [0, 0.1) is 0 Å². The van der Waals surface area contributed by atoms with E-state index in [1.54, 1.807) is 6.92 Å². The van der Waals surface area contributed by atoms with Gasteiger partial charge in [0.1, 0.15) is 18.6 Å². The van der Waals surface area contributed by atoms with Crippen LogP contribution in [0.25, 0.3) is 0 Å². The van der Waals surface area contributed by atoms with Gasteiger partial charge in [-0.05, 0) is 32.7 Å². The van der Waals surface area contributed by atoms with Gasteiger partial charge in [-0.15, -0.1) is 0 Å². The molecule has 0 radical (unpaired) electrons. The molecule has 0 saturated carbocycles. The second-order valence-corrected chi connectivity index (χ2v) is 5.10. The van der Waals surface area contributed by atoms with Gasteiger partial charge in [0.05, 0.1) is 0 Å². The van der Waals surface area contributed by atoms with Crippen LogP contribution in [-0.2, 0) is 19.2 Å². The van der Waals surface area contributed by atoms with Crippen molar-refractivity contribution in [2.75, 3.05) is 13.1 Å². The lowest BCUT2D eigenvalue weighted by Crippen LogP contribution is -2.53. The first-order chi connectivity index (χ1) is 10.8. The topological polar surface area (TPSA) is 151 Å². The second kappa shape index (κ2) is 11.4. The number of hydrogen-bond acceptors (Lipinski definition) is 5. The van der Waals surface area contributed by atoms with Crippen molar-refractivity contribution >= 4 is 23.7 Å². The Morgan fingerprint density at radius 1 is 1.09 bits per heavy atom. The lowest BCUT2D eigenvalue weighted by Gasteiger charge is -2.20. The maximum atomic E-state index is 12.2. The highest BCUT2D eigenvalue weighted by atomic mass is 16.4. The molecule has 0 heterocycles. The monoisotopic (exact) mass is 330 g/mol. The number of hydrogen-bond donors (Lipinski definition) is 5. The molecule has 0 unspecified atom stereocenters. The molecule has 0 fully saturated rings. The van der Waals surface area contributed by atoms with Gasteiger partial charge in [-0.3, -0.25) is 19.2 Å². The van der Waals surface area contributed by atoms with Crippen LogP contribution in [-0.4, -0.2) is 54.0 Å². The highest BCUT2D eigenvalue weighted by molar-refractivity contribution is 5.92. The Hall–Kier alpha value is -2.16. The van der Waals surface area contributed by atoms with Crippen LogP contribution in [0.4, 0.5) is 0 Å². The molecule has 0 aromatic carbocycles. The summed E-state index contributed by atoms with van der Waals surface area (Å²) in [5.41, 5.74) is 5.41. The summed E-state index contributed by atoms with van der Waals surface area (Å²) in [5, 5.41) is 15.7. The van der Waals surface area contributed by atoms with E-state index in [1.807, 2.05) is 0 Å². The Labute approximate surface area is 135 Å². The predicted molar refractivity (Wildman–Crippen MR) is 83.4 cm³/mol. The molecular formula is C14H26N4O5. The number of carbonyl (C=O) groups excluding carboxylic acids is 3. The SMILES string of the molecule is CCC(=O)N[C@@H](CCCCN)C(=O)N[C@H](C)C(=O)NCC(=O)O. The number of carbonyl (C=O) groups is 4. The van der Waals surface area contributed by atoms with E-state index in [1.165, 1.54) is 6.92 Å². The Kier molecular flexibility index (Phi) is 10.3. The van der Waals surface area contributed by atoms with Crippen LogP contribution in [0.15, 0.2) is 0 Å². The molecule has 23 heavy (non-hydrogen) atoms. The van der Waals surface area contributed by atoms with Gasteiger partial charge >= 0.3 is 5.97 Å². The average molecular weight is 330 g/mol. The second-order valence-electron chi connectivity index (χ2n) is 5.10. The van der Waals surface area contributed by atoms with E-state index in [9.17, 15) is 19.2 Å². The minimum atomic E-state index is -1.17. The highest BCUT2D eigenvalue weighted by Gasteiger charge is 2.23. The van der Waals surface area contributed by atoms with Crippen molar-refractivity contribution in [3.05, 3.63) is 0 Å². The number of amides is 3. The third-order valence-electron chi connectivity index (χ3n) is 3.09. The first-order valence-electron chi connectivity index (χ1n) is 7.61. The van der Waals surface area contributed by atoms with Crippen LogP contribution in [0.3, 0.4) is 0 Å². The minimum Gasteiger partial charge on any atom is -0.480 e. The number of carboxylic acids is 1. The number of carboxylic acid groups (broad SMARTS) is 1. The van der Waals surface area contributed by atoms with Gasteiger partial charge in [0.15, 0.2) is 0 Å². The first-order valence-corrected chi connectivity index (χ1v) is 7.61. The third kappa shape index (κ3) is 9.46. The van der Waals surface area contributed by atoms with Crippen LogP contribution in [0.2, 0.25) is 0 Å². The van der Waals surface area contributed by atoms with E-state index in [2.05, 4.69) is 16.0 Å². The van der Waals surface area contributed by atoms with E-state index in [4.69, 9.17) is 10.8 Å². The summed E-state index contributed by atoms with van der Waals surface area (Å²) in [6.45, 7) is 3.08. The summed E-state index contributed by atoms with van der Waals surface area (Å²) >= 11 is 0. The summed E-state index contributed by atoms with van der Waals surface area (Å²) < 4.78 is 0. The van der Waals surface area contributed by atoms with Crippen molar-refractivity contribution in [3.8, 4) is 0 Å². The number of aliphatic carboxylic acids is 1. The Morgan fingerprint density at radius 3 is 2.26 bits per heavy atom. The van der Waals surface area contributed by atoms with E-state index < -0.39 is 36.4 Å². The Morgan fingerprint density at radius 2 is 1.74 bits per heavy atom. The standard InChI is InChI=1S/C14H26N4O5/c1-3-11(19)18-10(6-4-5-7-15)14(23)17-9(2)13(22)16-8-12(20)21/h9-10H,3-8,15H2,1-2H3,(H,16,22)(H,17,23)(H,18,19)(H,20,21)/t9-,10+/m1/s1. The van der Waals surface area contributed by atoms with Gasteiger partial charge in [0.2, 0.25) is 17.7 Å². The third-order valence-corrected chi connectivity index (χ3v) is 3.09. The normalized spacial score (nSPS) is 12.8. The van der Waals surface area contributed by atoms with Gasteiger partial charge in [-0.2, -0.15) is 0 Å². The fraction of sp³-hybridized carbons (Fsp3) is 0.714. The smallest absolute Gasteiger partial charge is 0.322 e. The molecule has 9 heteroatoms. The molecule has 9 nitrogen and oxygen atoms in total. The zero-order chi connectivity index (χ0) is 17.8. The lowest BCUT2D eigenvalue weighted by molar-refractivity contribution is -0.138. The zero-order valence-corrected chi connectivity index (χ0v) is 13.6. The number of nitrogens with two attached hydrogens (primary N) is 1. The van der Waals surface area contributed by atoms with Crippen molar-refractivity contribution < 1.29 is 24.3 Å². The average Bonchev–Trinajstić information content (AvgIpc) is 2.51. The summed E-state index contributed by atoms with van der Waals surface area (Å²) in [6, 6.07) is -1.65. The van der Waals surface area contributed by atoms with E-state index in [-0.39, 0.29) is 12.3 Å². The van der Waals surface area contributed by atoms with Crippen LogP contribution in [0.5, 0.6) is 0 Å². The molecule has 0 aromatic rings. The number of unbranched alkanes of at least 4 members (excludes halogenated alkanes) is 1. The van der Waals surface area contributed by atoms with Gasteiger partial charge in [0, 0.05) is 6.42 Å². The molecule has 0 aliphatic heterocycles. The molecule has 3 amide bonds. The molecule has 2 atom stereocenters. The van der Waals surface area contributed by atoms with Gasteiger partial charge < -0.3 is 26.8 Å². The van der Waals surface area contributed by atoms with E-state index in [0.29, 0.717) is 19.4 Å².